The highest BCUT2D eigenvalue weighted by atomic mass is 16.2. The summed E-state index contributed by atoms with van der Waals surface area (Å²) < 4.78 is 1.57. The summed E-state index contributed by atoms with van der Waals surface area (Å²) >= 11 is 0. The van der Waals surface area contributed by atoms with Gasteiger partial charge in [0.25, 0.3) is 0 Å². The molecule has 3 aromatic rings. The fourth-order valence-corrected chi connectivity index (χ4v) is 3.02. The van der Waals surface area contributed by atoms with E-state index >= 15 is 0 Å². The molecule has 0 bridgehead atoms. The molecule has 0 unspecified atom stereocenters. The van der Waals surface area contributed by atoms with Gasteiger partial charge < -0.3 is 10.2 Å². The first-order valence-corrected chi connectivity index (χ1v) is 8.19. The zero-order valence-corrected chi connectivity index (χ0v) is 13.6. The summed E-state index contributed by atoms with van der Waals surface area (Å²) in [5.74, 6) is -0.0319. The number of benzene rings is 2. The largest absolute Gasteiger partial charge is 0.324 e. The molecule has 0 radical (unpaired) electrons. The maximum Gasteiger partial charge on any atom is 0.246 e. The quantitative estimate of drug-likeness (QED) is 0.792. The molecule has 1 fully saturated rings. The Kier molecular flexibility index (Phi) is 3.89. The lowest BCUT2D eigenvalue weighted by Gasteiger charge is -2.16. The number of nitrogens with zero attached hydrogens (tertiary/aromatic N) is 4. The Morgan fingerprint density at radius 3 is 2.68 bits per heavy atom. The fraction of sp³-hybridized carbons (Fsp3) is 0.222. The maximum absolute atomic E-state index is 12.3. The molecule has 2 amide bonds. The van der Waals surface area contributed by atoms with Crippen molar-refractivity contribution in [1.82, 2.24) is 15.0 Å². The number of fused-ring (bicyclic) bond motifs is 1. The van der Waals surface area contributed by atoms with Gasteiger partial charge in [-0.25, -0.2) is 4.68 Å². The van der Waals surface area contributed by atoms with E-state index in [-0.39, 0.29) is 18.4 Å². The molecule has 1 aliphatic heterocycles. The van der Waals surface area contributed by atoms with E-state index in [1.807, 2.05) is 36.4 Å². The standard InChI is InChI=1S/C18H17N5O2/c24-17(12-23-16-5-2-1-4-15(16)20-21-23)19-13-7-9-14(10-8-13)22-11-3-6-18(22)25/h1-2,4-5,7-10H,3,6,11-12H2,(H,19,24). The van der Waals surface area contributed by atoms with Crippen LogP contribution in [0.1, 0.15) is 12.8 Å². The predicted octanol–water partition coefficient (Wildman–Crippen LogP) is 2.20. The van der Waals surface area contributed by atoms with Gasteiger partial charge >= 0.3 is 0 Å². The molecular weight excluding hydrogens is 318 g/mol. The van der Waals surface area contributed by atoms with Crippen molar-refractivity contribution in [1.29, 1.82) is 0 Å². The van der Waals surface area contributed by atoms with Crippen LogP contribution in [0, 0.1) is 0 Å². The zero-order valence-electron chi connectivity index (χ0n) is 13.6. The van der Waals surface area contributed by atoms with Gasteiger partial charge in [0.2, 0.25) is 11.8 Å². The normalized spacial score (nSPS) is 14.2. The number of hydrogen-bond donors (Lipinski definition) is 1. The monoisotopic (exact) mass is 335 g/mol. The van der Waals surface area contributed by atoms with Gasteiger partial charge in [-0.15, -0.1) is 5.10 Å². The van der Waals surface area contributed by atoms with Crippen LogP contribution in [0.5, 0.6) is 0 Å². The molecule has 7 nitrogen and oxygen atoms in total. The number of carbonyl (C=O) groups is 2. The summed E-state index contributed by atoms with van der Waals surface area (Å²) in [6, 6.07) is 14.8. The maximum atomic E-state index is 12.3. The van der Waals surface area contributed by atoms with E-state index in [0.717, 1.165) is 29.7 Å². The number of amides is 2. The minimum atomic E-state index is -0.180. The first-order chi connectivity index (χ1) is 12.2. The molecule has 0 saturated carbocycles. The van der Waals surface area contributed by atoms with Crippen LogP contribution < -0.4 is 10.2 Å². The number of anilines is 2. The van der Waals surface area contributed by atoms with Gasteiger partial charge in [0, 0.05) is 24.3 Å². The van der Waals surface area contributed by atoms with Gasteiger partial charge in [-0.1, -0.05) is 17.3 Å². The van der Waals surface area contributed by atoms with Crippen LogP contribution in [-0.2, 0) is 16.1 Å². The molecule has 7 heteroatoms. The van der Waals surface area contributed by atoms with E-state index < -0.39 is 0 Å². The number of rotatable bonds is 4. The Morgan fingerprint density at radius 2 is 1.92 bits per heavy atom. The highest BCUT2D eigenvalue weighted by Crippen LogP contribution is 2.23. The van der Waals surface area contributed by atoms with Crippen molar-refractivity contribution >= 4 is 34.2 Å². The third kappa shape index (κ3) is 3.08. The van der Waals surface area contributed by atoms with Crippen molar-refractivity contribution in [2.24, 2.45) is 0 Å². The summed E-state index contributed by atoms with van der Waals surface area (Å²) in [6.45, 7) is 0.844. The first-order valence-electron chi connectivity index (χ1n) is 8.19. The summed E-state index contributed by atoms with van der Waals surface area (Å²) in [6.07, 6.45) is 1.49. The fourth-order valence-electron chi connectivity index (χ4n) is 3.02. The Morgan fingerprint density at radius 1 is 1.12 bits per heavy atom. The third-order valence-corrected chi connectivity index (χ3v) is 4.25. The summed E-state index contributed by atoms with van der Waals surface area (Å²) in [7, 11) is 0. The van der Waals surface area contributed by atoms with Crippen LogP contribution in [0.25, 0.3) is 11.0 Å². The number of nitrogens with one attached hydrogen (secondary N) is 1. The lowest BCUT2D eigenvalue weighted by atomic mass is 10.2. The average molecular weight is 335 g/mol. The van der Waals surface area contributed by atoms with Gasteiger partial charge in [0.1, 0.15) is 12.1 Å². The van der Waals surface area contributed by atoms with Gasteiger partial charge in [-0.05, 0) is 42.8 Å². The minimum absolute atomic E-state index is 0.0902. The van der Waals surface area contributed by atoms with Crippen molar-refractivity contribution in [2.45, 2.75) is 19.4 Å². The predicted molar refractivity (Wildman–Crippen MR) is 94.2 cm³/mol. The minimum Gasteiger partial charge on any atom is -0.324 e. The Bertz CT molecular complexity index is 932. The Hall–Kier alpha value is -3.22. The topological polar surface area (TPSA) is 80.1 Å². The van der Waals surface area contributed by atoms with Gasteiger partial charge in [0.05, 0.1) is 5.52 Å². The van der Waals surface area contributed by atoms with E-state index in [0.29, 0.717) is 12.1 Å². The molecule has 126 valence electrons. The molecular formula is C18H17N5O2. The van der Waals surface area contributed by atoms with Crippen molar-refractivity contribution in [2.75, 3.05) is 16.8 Å². The summed E-state index contributed by atoms with van der Waals surface area (Å²) in [5, 5.41) is 10.9. The van der Waals surface area contributed by atoms with Gasteiger partial charge in [0.15, 0.2) is 0 Å². The SMILES string of the molecule is O=C(Cn1nnc2ccccc21)Nc1ccc(N2CCCC2=O)cc1. The Balaban J connectivity index is 1.43. The second-order valence-corrected chi connectivity index (χ2v) is 5.98. The molecule has 1 N–H and O–H groups in total. The molecule has 2 heterocycles. The molecule has 2 aromatic carbocycles. The van der Waals surface area contributed by atoms with E-state index in [1.165, 1.54) is 0 Å². The van der Waals surface area contributed by atoms with Crippen molar-refractivity contribution in [3.63, 3.8) is 0 Å². The molecule has 4 rings (SSSR count). The lowest BCUT2D eigenvalue weighted by molar-refractivity contribution is -0.117. The van der Waals surface area contributed by atoms with E-state index in [4.69, 9.17) is 0 Å². The highest BCUT2D eigenvalue weighted by Gasteiger charge is 2.21. The van der Waals surface area contributed by atoms with E-state index in [2.05, 4.69) is 15.6 Å². The Labute approximate surface area is 144 Å². The van der Waals surface area contributed by atoms with Crippen LogP contribution in [0.4, 0.5) is 11.4 Å². The van der Waals surface area contributed by atoms with Crippen molar-refractivity contribution in [3.05, 3.63) is 48.5 Å². The van der Waals surface area contributed by atoms with Crippen LogP contribution in [0.15, 0.2) is 48.5 Å². The molecule has 1 aliphatic rings. The average Bonchev–Trinajstić information content (AvgIpc) is 3.22. The molecule has 25 heavy (non-hydrogen) atoms. The zero-order chi connectivity index (χ0) is 17.2. The van der Waals surface area contributed by atoms with Crippen molar-refractivity contribution < 1.29 is 9.59 Å². The van der Waals surface area contributed by atoms with Gasteiger partial charge in [-0.3, -0.25) is 9.59 Å². The number of hydrogen-bond acceptors (Lipinski definition) is 4. The van der Waals surface area contributed by atoms with Crippen LogP contribution in [0.2, 0.25) is 0 Å². The molecule has 1 aromatic heterocycles. The number of para-hydroxylation sites is 1. The number of aromatic nitrogens is 3. The third-order valence-electron chi connectivity index (χ3n) is 4.25. The smallest absolute Gasteiger partial charge is 0.246 e. The van der Waals surface area contributed by atoms with Crippen LogP contribution in [0.3, 0.4) is 0 Å². The summed E-state index contributed by atoms with van der Waals surface area (Å²) in [5.41, 5.74) is 3.13. The van der Waals surface area contributed by atoms with Crippen LogP contribution >= 0.6 is 0 Å². The van der Waals surface area contributed by atoms with E-state index in [9.17, 15) is 9.59 Å². The van der Waals surface area contributed by atoms with Crippen LogP contribution in [-0.4, -0.2) is 33.4 Å². The molecule has 0 spiro atoms. The first kappa shape index (κ1) is 15.3. The lowest BCUT2D eigenvalue weighted by Crippen LogP contribution is -2.23. The second kappa shape index (κ2) is 6.35. The molecule has 0 atom stereocenters. The highest BCUT2D eigenvalue weighted by molar-refractivity contribution is 5.96. The van der Waals surface area contributed by atoms with Crippen molar-refractivity contribution in [3.8, 4) is 0 Å². The molecule has 1 saturated heterocycles. The van der Waals surface area contributed by atoms with Gasteiger partial charge in [-0.2, -0.15) is 0 Å². The number of carbonyl (C=O) groups excluding carboxylic acids is 2. The second-order valence-electron chi connectivity index (χ2n) is 5.98. The summed E-state index contributed by atoms with van der Waals surface area (Å²) in [4.78, 5) is 25.8. The van der Waals surface area contributed by atoms with E-state index in [1.54, 1.807) is 21.7 Å². The molecule has 0 aliphatic carbocycles.